The predicted octanol–water partition coefficient (Wildman–Crippen LogP) is 3.86. The Bertz CT molecular complexity index is 477. The normalized spacial score (nSPS) is 11.3. The second-order valence-electron chi connectivity index (χ2n) is 4.32. The Balaban J connectivity index is 2.35. The molecule has 0 atom stereocenters. The zero-order valence-corrected chi connectivity index (χ0v) is 11.6. The zero-order chi connectivity index (χ0) is 13.8. The molecule has 2 rings (SSSR count). The Morgan fingerprint density at radius 3 is 1.47 bits per heavy atom. The summed E-state index contributed by atoms with van der Waals surface area (Å²) in [5.74, 6) is -0.567. The predicted molar refractivity (Wildman–Crippen MR) is 74.9 cm³/mol. The standard InChI is InChI=1S/C15H15F2OS/c1-19(2)18-15(11-3-7-13(16)8-4-11)12-5-9-14(17)10-6-12/h3-10,15H,1-2H3/q+1. The molecule has 0 amide bonds. The van der Waals surface area contributed by atoms with E-state index in [-0.39, 0.29) is 28.9 Å². The molecule has 0 aromatic heterocycles. The molecule has 0 heterocycles. The average Bonchev–Trinajstić information content (AvgIpc) is 2.38. The topological polar surface area (TPSA) is 9.23 Å². The first-order chi connectivity index (χ1) is 9.06. The highest BCUT2D eigenvalue weighted by atomic mass is 32.2. The van der Waals surface area contributed by atoms with Gasteiger partial charge in [-0.25, -0.2) is 8.78 Å². The number of hydrogen-bond acceptors (Lipinski definition) is 1. The molecule has 0 aliphatic rings. The van der Waals surface area contributed by atoms with E-state index in [2.05, 4.69) is 0 Å². The van der Waals surface area contributed by atoms with Crippen LogP contribution in [0.5, 0.6) is 0 Å². The molecule has 0 bridgehead atoms. The smallest absolute Gasteiger partial charge is 0.164 e. The van der Waals surface area contributed by atoms with Gasteiger partial charge in [0.25, 0.3) is 0 Å². The molecule has 100 valence electrons. The van der Waals surface area contributed by atoms with E-state index in [4.69, 9.17) is 4.18 Å². The lowest BCUT2D eigenvalue weighted by atomic mass is 10.0. The van der Waals surface area contributed by atoms with Gasteiger partial charge in [-0.05, 0) is 35.4 Å². The van der Waals surface area contributed by atoms with Crippen LogP contribution in [0.4, 0.5) is 8.78 Å². The molecule has 2 aromatic rings. The summed E-state index contributed by atoms with van der Waals surface area (Å²) in [5.41, 5.74) is 1.71. The molecule has 4 heteroatoms. The minimum atomic E-state index is -0.306. The number of benzene rings is 2. The van der Waals surface area contributed by atoms with Crippen LogP contribution in [0, 0.1) is 11.6 Å². The van der Waals surface area contributed by atoms with Crippen molar-refractivity contribution in [3.63, 3.8) is 0 Å². The van der Waals surface area contributed by atoms with Gasteiger partial charge in [0.2, 0.25) is 0 Å². The van der Waals surface area contributed by atoms with Crippen molar-refractivity contribution < 1.29 is 13.0 Å². The highest BCUT2D eigenvalue weighted by Crippen LogP contribution is 2.28. The number of rotatable bonds is 4. The molecule has 19 heavy (non-hydrogen) atoms. The Morgan fingerprint density at radius 1 is 0.789 bits per heavy atom. The Hall–Kier alpha value is -1.39. The zero-order valence-electron chi connectivity index (χ0n) is 10.8. The monoisotopic (exact) mass is 281 g/mol. The van der Waals surface area contributed by atoms with Crippen LogP contribution in [0.25, 0.3) is 0 Å². The van der Waals surface area contributed by atoms with Crippen molar-refractivity contribution >= 4 is 11.2 Å². The van der Waals surface area contributed by atoms with Gasteiger partial charge in [-0.2, -0.15) is 4.18 Å². The minimum absolute atomic E-state index is 0.245. The fraction of sp³-hybridized carbons (Fsp3) is 0.200. The second-order valence-corrected chi connectivity index (χ2v) is 6.00. The van der Waals surface area contributed by atoms with Crippen molar-refractivity contribution in [1.82, 2.24) is 0 Å². The Morgan fingerprint density at radius 2 is 1.16 bits per heavy atom. The van der Waals surface area contributed by atoms with Crippen LogP contribution < -0.4 is 0 Å². The van der Waals surface area contributed by atoms with Gasteiger partial charge in [0, 0.05) is 0 Å². The van der Waals surface area contributed by atoms with Gasteiger partial charge >= 0.3 is 0 Å². The number of halogens is 2. The third kappa shape index (κ3) is 3.78. The molecule has 1 nitrogen and oxygen atoms in total. The molecule has 0 saturated carbocycles. The summed E-state index contributed by atoms with van der Waals surface area (Å²) in [6, 6.07) is 12.4. The average molecular weight is 281 g/mol. The maximum atomic E-state index is 13.0. The highest BCUT2D eigenvalue weighted by Gasteiger charge is 2.22. The van der Waals surface area contributed by atoms with Crippen LogP contribution in [0.3, 0.4) is 0 Å². The highest BCUT2D eigenvalue weighted by molar-refractivity contribution is 7.90. The van der Waals surface area contributed by atoms with E-state index in [0.29, 0.717) is 0 Å². The van der Waals surface area contributed by atoms with Crippen LogP contribution in [-0.2, 0) is 15.4 Å². The van der Waals surface area contributed by atoms with Crippen molar-refractivity contribution in [3.05, 3.63) is 71.3 Å². The van der Waals surface area contributed by atoms with E-state index in [1.165, 1.54) is 24.3 Å². The van der Waals surface area contributed by atoms with Crippen LogP contribution in [-0.4, -0.2) is 12.5 Å². The molecular formula is C15H15F2OS+. The molecule has 0 N–H and O–H groups in total. The van der Waals surface area contributed by atoms with Crippen molar-refractivity contribution in [3.8, 4) is 0 Å². The Kier molecular flexibility index (Phi) is 4.56. The molecule has 0 radical (unpaired) electrons. The summed E-state index contributed by atoms with van der Waals surface area (Å²) in [5, 5.41) is 0. The second kappa shape index (κ2) is 6.17. The molecule has 0 fully saturated rings. The van der Waals surface area contributed by atoms with Gasteiger partial charge in [-0.15, -0.1) is 0 Å². The maximum absolute atomic E-state index is 13.0. The lowest BCUT2D eigenvalue weighted by Gasteiger charge is -2.15. The van der Waals surface area contributed by atoms with Gasteiger partial charge in [-0.1, -0.05) is 24.3 Å². The van der Waals surface area contributed by atoms with Crippen LogP contribution in [0.15, 0.2) is 48.5 Å². The summed E-state index contributed by atoms with van der Waals surface area (Å²) in [7, 11) is 0. The SMILES string of the molecule is C[S+](C)OC(c1ccc(F)cc1)c1ccc(F)cc1. The van der Waals surface area contributed by atoms with Gasteiger partial charge in [-0.3, -0.25) is 0 Å². The Labute approximate surface area is 114 Å². The largest absolute Gasteiger partial charge is 0.207 e. The summed E-state index contributed by atoms with van der Waals surface area (Å²) in [4.78, 5) is 0. The fourth-order valence-corrected chi connectivity index (χ4v) is 2.38. The molecule has 0 aliphatic heterocycles. The van der Waals surface area contributed by atoms with Crippen molar-refractivity contribution in [2.45, 2.75) is 6.10 Å². The van der Waals surface area contributed by atoms with Crippen LogP contribution in [0.2, 0.25) is 0 Å². The molecular weight excluding hydrogens is 266 g/mol. The summed E-state index contributed by atoms with van der Waals surface area (Å²) < 4.78 is 31.8. The van der Waals surface area contributed by atoms with Gasteiger partial charge < -0.3 is 0 Å². The van der Waals surface area contributed by atoms with E-state index in [1.807, 2.05) is 12.5 Å². The van der Waals surface area contributed by atoms with E-state index >= 15 is 0 Å². The quantitative estimate of drug-likeness (QED) is 0.773. The number of hydrogen-bond donors (Lipinski definition) is 0. The first-order valence-electron chi connectivity index (χ1n) is 5.82. The molecule has 0 saturated heterocycles. The molecule has 0 spiro atoms. The van der Waals surface area contributed by atoms with E-state index in [0.717, 1.165) is 11.1 Å². The summed E-state index contributed by atoms with van der Waals surface area (Å²) in [6.07, 6.45) is 3.61. The van der Waals surface area contributed by atoms with Gasteiger partial charge in [0.05, 0.1) is 0 Å². The van der Waals surface area contributed by atoms with E-state index < -0.39 is 0 Å². The minimum Gasteiger partial charge on any atom is -0.207 e. The molecule has 0 unspecified atom stereocenters. The van der Waals surface area contributed by atoms with Crippen molar-refractivity contribution in [1.29, 1.82) is 0 Å². The summed E-state index contributed by atoms with van der Waals surface area (Å²) in [6.45, 7) is 0. The first kappa shape index (κ1) is 14.0. The van der Waals surface area contributed by atoms with Gasteiger partial charge in [0.1, 0.15) is 35.3 Å². The van der Waals surface area contributed by atoms with Crippen molar-refractivity contribution in [2.75, 3.05) is 12.5 Å². The van der Waals surface area contributed by atoms with E-state index in [9.17, 15) is 8.78 Å². The van der Waals surface area contributed by atoms with Crippen LogP contribution >= 0.6 is 0 Å². The van der Waals surface area contributed by atoms with E-state index in [1.54, 1.807) is 24.3 Å². The lowest BCUT2D eigenvalue weighted by Crippen LogP contribution is -2.11. The fourth-order valence-electron chi connectivity index (χ4n) is 1.77. The molecule has 0 aliphatic carbocycles. The summed E-state index contributed by atoms with van der Waals surface area (Å²) >= 11 is -0.245. The lowest BCUT2D eigenvalue weighted by molar-refractivity contribution is 0.288. The molecule has 2 aromatic carbocycles. The van der Waals surface area contributed by atoms with Crippen molar-refractivity contribution in [2.24, 2.45) is 0 Å². The maximum Gasteiger partial charge on any atom is 0.164 e. The van der Waals surface area contributed by atoms with Gasteiger partial charge in [0.15, 0.2) is 6.10 Å². The third-order valence-corrected chi connectivity index (χ3v) is 3.21. The third-order valence-electron chi connectivity index (χ3n) is 2.63. The first-order valence-corrected chi connectivity index (χ1v) is 7.78. The van der Waals surface area contributed by atoms with Crippen LogP contribution in [0.1, 0.15) is 17.2 Å².